The summed E-state index contributed by atoms with van der Waals surface area (Å²) in [4.78, 5) is 0. The van der Waals surface area contributed by atoms with Crippen molar-refractivity contribution < 1.29 is 67.0 Å². The first-order valence-electron chi connectivity index (χ1n) is 4.50. The number of benzene rings is 1. The average molecular weight is 282 g/mol. The van der Waals surface area contributed by atoms with E-state index in [1.807, 2.05) is 13.8 Å². The molecule has 0 bridgehead atoms. The van der Waals surface area contributed by atoms with E-state index in [9.17, 15) is 8.78 Å². The van der Waals surface area contributed by atoms with Crippen molar-refractivity contribution in [2.24, 2.45) is 7.05 Å². The minimum atomic E-state index is -0.560. The third-order valence-corrected chi connectivity index (χ3v) is 1.84. The molecule has 0 atom stereocenters. The van der Waals surface area contributed by atoms with Crippen molar-refractivity contribution in [2.45, 2.75) is 13.8 Å². The summed E-state index contributed by atoms with van der Waals surface area (Å²) in [6.07, 6.45) is 2.75. The van der Waals surface area contributed by atoms with Gasteiger partial charge in [0.05, 0.1) is 5.82 Å². The normalized spacial score (nSPS) is 9.13. The van der Waals surface area contributed by atoms with Crippen LogP contribution in [0, 0.1) is 17.8 Å². The van der Waals surface area contributed by atoms with Crippen LogP contribution in [-0.2, 0) is 7.05 Å². The number of nitrogens with zero attached hydrogens (tertiary/aromatic N) is 1. The molecule has 1 aromatic heterocycles. The molecule has 0 unspecified atom stereocenters. The third kappa shape index (κ3) is 3.45. The molecule has 15 heavy (non-hydrogen) atoms. The van der Waals surface area contributed by atoms with E-state index in [2.05, 4.69) is 6.20 Å². The van der Waals surface area contributed by atoms with Crippen LogP contribution in [0.15, 0.2) is 18.2 Å². The van der Waals surface area contributed by atoms with Crippen LogP contribution < -0.4 is 58.2 Å². The molecule has 2 aromatic rings. The van der Waals surface area contributed by atoms with Gasteiger partial charge in [-0.05, 0) is 13.1 Å². The van der Waals surface area contributed by atoms with Crippen molar-refractivity contribution in [3.8, 4) is 0 Å². The molecule has 0 spiro atoms. The molecule has 0 aliphatic rings. The van der Waals surface area contributed by atoms with Crippen molar-refractivity contribution in [1.29, 1.82) is 0 Å². The predicted molar refractivity (Wildman–Crippen MR) is 53.0 cm³/mol. The maximum Gasteiger partial charge on any atom is 1.00 e. The minimum absolute atomic E-state index is 0. The first-order valence-corrected chi connectivity index (χ1v) is 4.50. The summed E-state index contributed by atoms with van der Waals surface area (Å²) in [7, 11) is 1.70. The van der Waals surface area contributed by atoms with Crippen LogP contribution in [0.3, 0.4) is 0 Å². The van der Waals surface area contributed by atoms with E-state index in [0.717, 1.165) is 6.07 Å². The van der Waals surface area contributed by atoms with Gasteiger partial charge in [-0.15, -0.1) is 17.1 Å². The molecule has 0 aliphatic heterocycles. The molecule has 0 fully saturated rings. The molecule has 1 nitrogen and oxygen atoms in total. The van der Waals surface area contributed by atoms with Crippen LogP contribution >= 0.6 is 0 Å². The van der Waals surface area contributed by atoms with E-state index in [-0.39, 0.29) is 58.2 Å². The van der Waals surface area contributed by atoms with E-state index >= 15 is 0 Å². The van der Waals surface area contributed by atoms with Gasteiger partial charge in [0.2, 0.25) is 0 Å². The zero-order chi connectivity index (χ0) is 10.7. The first-order chi connectivity index (χ1) is 6.68. The van der Waals surface area contributed by atoms with E-state index in [1.165, 1.54) is 12.1 Å². The van der Waals surface area contributed by atoms with Gasteiger partial charge in [0, 0.05) is 0 Å². The summed E-state index contributed by atoms with van der Waals surface area (Å²) in [6.45, 7) is 4.00. The van der Waals surface area contributed by atoms with E-state index < -0.39 is 11.6 Å². The van der Waals surface area contributed by atoms with E-state index in [0.29, 0.717) is 10.9 Å². The summed E-state index contributed by atoms with van der Waals surface area (Å²) in [5.74, 6) is -1.10. The van der Waals surface area contributed by atoms with Gasteiger partial charge in [0.15, 0.2) is 0 Å². The average Bonchev–Trinajstić information content (AvgIpc) is 2.52. The van der Waals surface area contributed by atoms with Gasteiger partial charge < -0.3 is 4.57 Å². The Bertz CT molecular complexity index is 437. The molecular weight excluding hydrogens is 270 g/mol. The second kappa shape index (κ2) is 6.89. The summed E-state index contributed by atoms with van der Waals surface area (Å²) in [5.41, 5.74) is 0.521. The first kappa shape index (κ1) is 15.4. The van der Waals surface area contributed by atoms with E-state index in [4.69, 9.17) is 0 Å². The van der Waals surface area contributed by atoms with Gasteiger partial charge in [-0.1, -0.05) is 19.9 Å². The Balaban J connectivity index is 0.000000617. The van der Waals surface area contributed by atoms with E-state index in [1.54, 1.807) is 11.6 Å². The summed E-state index contributed by atoms with van der Waals surface area (Å²) in [5, 5.41) is 0.402. The largest absolute Gasteiger partial charge is 1.00 e. The molecule has 0 amide bonds. The van der Waals surface area contributed by atoms with Crippen molar-refractivity contribution in [3.63, 3.8) is 0 Å². The Morgan fingerprint density at radius 3 is 2.40 bits per heavy atom. The predicted octanol–water partition coefficient (Wildman–Crippen LogP) is 0.287. The number of hydrogen-bond donors (Lipinski definition) is 0. The molecular formula is C11H12F2NRb. The van der Waals surface area contributed by atoms with Crippen LogP contribution in [-0.4, -0.2) is 4.57 Å². The van der Waals surface area contributed by atoms with Crippen LogP contribution in [0.1, 0.15) is 13.8 Å². The zero-order valence-electron chi connectivity index (χ0n) is 9.44. The smallest absolute Gasteiger partial charge is 0.466 e. The molecule has 0 aliphatic carbocycles. The molecule has 0 saturated heterocycles. The molecule has 0 N–H and O–H groups in total. The Hall–Kier alpha value is 0.425. The summed E-state index contributed by atoms with van der Waals surface area (Å²) in [6, 6.07) is 3.66. The fourth-order valence-electron chi connectivity index (χ4n) is 1.22. The van der Waals surface area contributed by atoms with Crippen LogP contribution in [0.4, 0.5) is 8.78 Å². The van der Waals surface area contributed by atoms with Gasteiger partial charge in [0.25, 0.3) is 0 Å². The molecule has 0 saturated carbocycles. The van der Waals surface area contributed by atoms with Crippen molar-refractivity contribution in [1.82, 2.24) is 4.57 Å². The van der Waals surface area contributed by atoms with Crippen molar-refractivity contribution >= 4 is 10.9 Å². The van der Waals surface area contributed by atoms with Crippen molar-refractivity contribution in [3.05, 3.63) is 36.0 Å². The van der Waals surface area contributed by atoms with Crippen LogP contribution in [0.5, 0.6) is 0 Å². The summed E-state index contributed by atoms with van der Waals surface area (Å²) < 4.78 is 27.2. The fraction of sp³-hybridized carbons (Fsp3) is 0.273. The topological polar surface area (TPSA) is 4.93 Å². The third-order valence-electron chi connectivity index (χ3n) is 1.84. The molecule has 0 radical (unpaired) electrons. The minimum Gasteiger partial charge on any atom is -0.466 e. The number of rotatable bonds is 0. The molecule has 1 aromatic carbocycles. The second-order valence-corrected chi connectivity index (χ2v) is 2.65. The number of aromatic nitrogens is 1. The molecule has 76 valence electrons. The Morgan fingerprint density at radius 2 is 1.80 bits per heavy atom. The number of hydrogen-bond acceptors (Lipinski definition) is 0. The van der Waals surface area contributed by atoms with Crippen LogP contribution in [0.2, 0.25) is 0 Å². The maximum atomic E-state index is 13.0. The SMILES string of the molecule is CC.Cn1[c-]cc2c(F)cc(F)cc21.[Rb+]. The van der Waals surface area contributed by atoms with Gasteiger partial charge in [-0.2, -0.15) is 6.07 Å². The Morgan fingerprint density at radius 1 is 1.20 bits per heavy atom. The second-order valence-electron chi connectivity index (χ2n) is 2.65. The fourth-order valence-corrected chi connectivity index (χ4v) is 1.22. The van der Waals surface area contributed by atoms with Gasteiger partial charge >= 0.3 is 58.2 Å². The molecule has 4 heteroatoms. The summed E-state index contributed by atoms with van der Waals surface area (Å²) >= 11 is 0. The van der Waals surface area contributed by atoms with Gasteiger partial charge in [-0.3, -0.25) is 0 Å². The quantitative estimate of drug-likeness (QED) is 0.612. The maximum absolute atomic E-state index is 13.0. The Labute approximate surface area is 137 Å². The van der Waals surface area contributed by atoms with Crippen LogP contribution in [0.25, 0.3) is 10.9 Å². The van der Waals surface area contributed by atoms with Crippen molar-refractivity contribution in [2.75, 3.05) is 0 Å². The number of aryl methyl sites for hydroxylation is 1. The Kier molecular flexibility index (Phi) is 7.09. The standard InChI is InChI=1S/C9H6F2N.C2H6.Rb/c1-12-3-2-7-8(11)4-6(10)5-9(7)12;1-2;/h2,4-5H,1H3;1-2H3;/q-1;;+1. The van der Waals surface area contributed by atoms with Gasteiger partial charge in [-0.25, -0.2) is 8.78 Å². The molecule has 2 rings (SSSR count). The number of halogens is 2. The van der Waals surface area contributed by atoms with Gasteiger partial charge in [0.1, 0.15) is 5.82 Å². The molecule has 1 heterocycles. The monoisotopic (exact) mass is 281 g/mol. The zero-order valence-corrected chi connectivity index (χ0v) is 14.4. The number of fused-ring (bicyclic) bond motifs is 1.